The number of nitrogens with zero attached hydrogens (tertiary/aromatic N) is 2. The summed E-state index contributed by atoms with van der Waals surface area (Å²) in [6.45, 7) is 2.69. The first-order chi connectivity index (χ1) is 9.24. The number of hydrogen-bond acceptors (Lipinski definition) is 3. The second kappa shape index (κ2) is 5.28. The van der Waals surface area contributed by atoms with Crippen LogP contribution in [0.15, 0.2) is 18.2 Å². The molecule has 2 fully saturated rings. The summed E-state index contributed by atoms with van der Waals surface area (Å²) in [5.74, 6) is -0.261. The molecule has 3 nitrogen and oxygen atoms in total. The minimum absolute atomic E-state index is 0.261. The van der Waals surface area contributed by atoms with Gasteiger partial charge in [-0.2, -0.15) is 5.26 Å². The third-order valence-electron chi connectivity index (χ3n) is 4.19. The Morgan fingerprint density at radius 1 is 1.32 bits per heavy atom. The molecular formula is C15H18FN3. The Morgan fingerprint density at radius 3 is 3.00 bits per heavy atom. The van der Waals surface area contributed by atoms with E-state index >= 15 is 0 Å². The van der Waals surface area contributed by atoms with Crippen LogP contribution >= 0.6 is 0 Å². The number of nitriles is 1. The van der Waals surface area contributed by atoms with Crippen LogP contribution in [0.5, 0.6) is 0 Å². The molecule has 0 spiro atoms. The highest BCUT2D eigenvalue weighted by Crippen LogP contribution is 2.22. The van der Waals surface area contributed by atoms with Crippen molar-refractivity contribution in [1.29, 1.82) is 5.26 Å². The Bertz CT molecular complexity index is 509. The molecule has 2 bridgehead atoms. The van der Waals surface area contributed by atoms with Crippen molar-refractivity contribution in [3.8, 4) is 6.07 Å². The van der Waals surface area contributed by atoms with Gasteiger partial charge in [0.05, 0.1) is 11.6 Å². The van der Waals surface area contributed by atoms with Gasteiger partial charge < -0.3 is 5.32 Å². The van der Waals surface area contributed by atoms with Crippen molar-refractivity contribution < 1.29 is 4.39 Å². The lowest BCUT2D eigenvalue weighted by atomic mass is 10.1. The van der Waals surface area contributed by atoms with E-state index in [4.69, 9.17) is 5.26 Å². The normalized spacial score (nSPS) is 26.9. The second-order valence-corrected chi connectivity index (χ2v) is 5.57. The maximum absolute atomic E-state index is 13.3. The number of rotatable bonds is 2. The molecule has 2 aliphatic heterocycles. The third-order valence-corrected chi connectivity index (χ3v) is 4.19. The van der Waals surface area contributed by atoms with Gasteiger partial charge in [0.15, 0.2) is 0 Å². The number of nitrogens with one attached hydrogen (secondary N) is 1. The number of hydrogen-bond donors (Lipinski definition) is 1. The summed E-state index contributed by atoms with van der Waals surface area (Å²) in [5, 5.41) is 12.7. The quantitative estimate of drug-likeness (QED) is 0.883. The topological polar surface area (TPSA) is 39.1 Å². The molecule has 2 saturated heterocycles. The molecule has 2 aliphatic rings. The highest BCUT2D eigenvalue weighted by Gasteiger charge is 2.29. The number of benzene rings is 1. The fourth-order valence-electron chi connectivity index (χ4n) is 3.20. The molecule has 2 heterocycles. The van der Waals surface area contributed by atoms with Gasteiger partial charge in [-0.1, -0.05) is 0 Å². The molecule has 1 aromatic rings. The Morgan fingerprint density at radius 2 is 2.16 bits per heavy atom. The molecule has 0 aliphatic carbocycles. The van der Waals surface area contributed by atoms with Gasteiger partial charge in [0.1, 0.15) is 5.82 Å². The molecule has 2 atom stereocenters. The standard InChI is InChI=1S/C15H18FN3/c16-13-2-1-11(8-17)12(7-13)9-19-6-5-14-3-4-15(10-19)18-14/h1-2,7,14-15,18H,3-6,9-10H2. The van der Waals surface area contributed by atoms with E-state index in [2.05, 4.69) is 16.3 Å². The fraction of sp³-hybridized carbons (Fsp3) is 0.533. The Labute approximate surface area is 113 Å². The number of halogens is 1. The molecule has 0 aromatic heterocycles. The van der Waals surface area contributed by atoms with E-state index in [1.54, 1.807) is 6.07 Å². The minimum atomic E-state index is -0.261. The zero-order valence-electron chi connectivity index (χ0n) is 10.9. The van der Waals surface area contributed by atoms with Gasteiger partial charge in [0.2, 0.25) is 0 Å². The van der Waals surface area contributed by atoms with E-state index in [-0.39, 0.29) is 5.82 Å². The van der Waals surface area contributed by atoms with Crippen LogP contribution in [-0.4, -0.2) is 30.1 Å². The van der Waals surface area contributed by atoms with Crippen LogP contribution in [0, 0.1) is 17.1 Å². The van der Waals surface area contributed by atoms with Crippen LogP contribution in [0.1, 0.15) is 30.4 Å². The van der Waals surface area contributed by atoms with Crippen molar-refractivity contribution in [2.75, 3.05) is 13.1 Å². The van der Waals surface area contributed by atoms with Crippen molar-refractivity contribution in [2.45, 2.75) is 37.9 Å². The number of likely N-dealkylation sites (tertiary alicyclic amines) is 1. The average Bonchev–Trinajstić information content (AvgIpc) is 2.73. The smallest absolute Gasteiger partial charge is 0.123 e. The zero-order valence-corrected chi connectivity index (χ0v) is 10.9. The lowest BCUT2D eigenvalue weighted by Gasteiger charge is -2.24. The molecule has 0 radical (unpaired) electrons. The molecule has 3 rings (SSSR count). The lowest BCUT2D eigenvalue weighted by molar-refractivity contribution is 0.250. The maximum atomic E-state index is 13.3. The van der Waals surface area contributed by atoms with Crippen LogP contribution < -0.4 is 5.32 Å². The summed E-state index contributed by atoms with van der Waals surface area (Å²) in [5.41, 5.74) is 1.39. The molecule has 1 aromatic carbocycles. The lowest BCUT2D eigenvalue weighted by Crippen LogP contribution is -2.35. The van der Waals surface area contributed by atoms with Crippen LogP contribution in [0.3, 0.4) is 0 Å². The average molecular weight is 259 g/mol. The van der Waals surface area contributed by atoms with Crippen LogP contribution in [-0.2, 0) is 6.54 Å². The van der Waals surface area contributed by atoms with Gasteiger partial charge in [-0.15, -0.1) is 0 Å². The minimum Gasteiger partial charge on any atom is -0.310 e. The summed E-state index contributed by atoms with van der Waals surface area (Å²) in [6, 6.07) is 7.79. The van der Waals surface area contributed by atoms with Crippen molar-refractivity contribution in [1.82, 2.24) is 10.2 Å². The molecule has 100 valence electrons. The van der Waals surface area contributed by atoms with Crippen molar-refractivity contribution in [3.63, 3.8) is 0 Å². The first kappa shape index (κ1) is 12.6. The fourth-order valence-corrected chi connectivity index (χ4v) is 3.20. The summed E-state index contributed by atoms with van der Waals surface area (Å²) >= 11 is 0. The number of fused-ring (bicyclic) bond motifs is 2. The highest BCUT2D eigenvalue weighted by atomic mass is 19.1. The van der Waals surface area contributed by atoms with E-state index in [0.29, 0.717) is 24.2 Å². The van der Waals surface area contributed by atoms with Gasteiger partial charge in [0, 0.05) is 31.7 Å². The van der Waals surface area contributed by atoms with Gasteiger partial charge in [-0.3, -0.25) is 4.90 Å². The summed E-state index contributed by atoms with van der Waals surface area (Å²) in [4.78, 5) is 2.34. The van der Waals surface area contributed by atoms with Gasteiger partial charge in [0.25, 0.3) is 0 Å². The summed E-state index contributed by atoms with van der Waals surface area (Å²) in [6.07, 6.45) is 3.66. The third kappa shape index (κ3) is 2.78. The molecule has 0 amide bonds. The predicted octanol–water partition coefficient (Wildman–Crippen LogP) is 2.02. The largest absolute Gasteiger partial charge is 0.310 e. The molecule has 2 unspecified atom stereocenters. The first-order valence-electron chi connectivity index (χ1n) is 6.91. The van der Waals surface area contributed by atoms with E-state index in [1.165, 1.54) is 25.0 Å². The van der Waals surface area contributed by atoms with Gasteiger partial charge >= 0.3 is 0 Å². The zero-order chi connectivity index (χ0) is 13.2. The predicted molar refractivity (Wildman–Crippen MR) is 71.0 cm³/mol. The summed E-state index contributed by atoms with van der Waals surface area (Å²) in [7, 11) is 0. The first-order valence-corrected chi connectivity index (χ1v) is 6.91. The molecule has 4 heteroatoms. The molecule has 0 saturated carbocycles. The van der Waals surface area contributed by atoms with E-state index in [0.717, 1.165) is 25.1 Å². The SMILES string of the molecule is N#Cc1ccc(F)cc1CN1CCC2CCC(C1)N2. The van der Waals surface area contributed by atoms with Crippen molar-refractivity contribution in [3.05, 3.63) is 35.1 Å². The maximum Gasteiger partial charge on any atom is 0.123 e. The highest BCUT2D eigenvalue weighted by molar-refractivity contribution is 5.37. The van der Waals surface area contributed by atoms with Gasteiger partial charge in [-0.05, 0) is 43.0 Å². The van der Waals surface area contributed by atoms with Crippen LogP contribution in [0.2, 0.25) is 0 Å². The van der Waals surface area contributed by atoms with Crippen LogP contribution in [0.25, 0.3) is 0 Å². The molecular weight excluding hydrogens is 241 g/mol. The molecule has 19 heavy (non-hydrogen) atoms. The van der Waals surface area contributed by atoms with Crippen molar-refractivity contribution in [2.24, 2.45) is 0 Å². The van der Waals surface area contributed by atoms with Gasteiger partial charge in [-0.25, -0.2) is 4.39 Å². The summed E-state index contributed by atoms with van der Waals surface area (Å²) < 4.78 is 13.3. The van der Waals surface area contributed by atoms with Crippen LogP contribution in [0.4, 0.5) is 4.39 Å². The van der Waals surface area contributed by atoms with E-state index in [1.807, 2.05) is 0 Å². The van der Waals surface area contributed by atoms with E-state index < -0.39 is 0 Å². The Balaban J connectivity index is 1.74. The monoisotopic (exact) mass is 259 g/mol. The molecule has 1 N–H and O–H groups in total. The van der Waals surface area contributed by atoms with E-state index in [9.17, 15) is 4.39 Å². The van der Waals surface area contributed by atoms with Crippen molar-refractivity contribution >= 4 is 0 Å². The Hall–Kier alpha value is -1.44. The second-order valence-electron chi connectivity index (χ2n) is 5.57. The Kier molecular flexibility index (Phi) is 3.50.